The average molecular weight is 240 g/mol. The Morgan fingerprint density at radius 2 is 2.00 bits per heavy atom. The van der Waals surface area contributed by atoms with Gasteiger partial charge in [0.25, 0.3) is 0 Å². The van der Waals surface area contributed by atoms with Crippen LogP contribution >= 0.6 is 0 Å². The minimum Gasteiger partial charge on any atom is -0.313 e. The number of nitrogens with zero attached hydrogens (tertiary/aromatic N) is 1. The Morgan fingerprint density at radius 3 is 2.53 bits per heavy atom. The predicted octanol–water partition coefficient (Wildman–Crippen LogP) is 3.42. The van der Waals surface area contributed by atoms with Crippen LogP contribution in [0.25, 0.3) is 0 Å². The molecule has 0 aromatic rings. The number of hydrogen-bond acceptors (Lipinski definition) is 2. The van der Waals surface area contributed by atoms with Gasteiger partial charge in [0, 0.05) is 18.6 Å². The van der Waals surface area contributed by atoms with Crippen LogP contribution in [-0.2, 0) is 0 Å². The molecule has 1 N–H and O–H groups in total. The van der Waals surface area contributed by atoms with Crippen LogP contribution < -0.4 is 5.32 Å². The first-order chi connectivity index (χ1) is 8.31. The molecular formula is C15H32N2. The van der Waals surface area contributed by atoms with Crippen molar-refractivity contribution in [1.82, 2.24) is 10.2 Å². The third-order valence-corrected chi connectivity index (χ3v) is 3.99. The highest BCUT2D eigenvalue weighted by molar-refractivity contribution is 4.79. The zero-order chi connectivity index (χ0) is 12.5. The van der Waals surface area contributed by atoms with Gasteiger partial charge >= 0.3 is 0 Å². The molecule has 1 aliphatic rings. The lowest BCUT2D eigenvalue weighted by molar-refractivity contribution is 0.153. The van der Waals surface area contributed by atoms with E-state index in [1.165, 1.54) is 64.6 Å². The van der Waals surface area contributed by atoms with E-state index >= 15 is 0 Å². The number of rotatable bonds is 8. The van der Waals surface area contributed by atoms with Gasteiger partial charge in [-0.25, -0.2) is 0 Å². The van der Waals surface area contributed by atoms with Crippen LogP contribution in [0.3, 0.4) is 0 Å². The van der Waals surface area contributed by atoms with Crippen molar-refractivity contribution >= 4 is 0 Å². The molecule has 0 bridgehead atoms. The van der Waals surface area contributed by atoms with Gasteiger partial charge < -0.3 is 5.32 Å². The van der Waals surface area contributed by atoms with Gasteiger partial charge in [-0.1, -0.05) is 33.6 Å². The third kappa shape index (κ3) is 5.39. The van der Waals surface area contributed by atoms with Crippen molar-refractivity contribution in [3.63, 3.8) is 0 Å². The molecule has 2 nitrogen and oxygen atoms in total. The first-order valence-corrected chi connectivity index (χ1v) is 7.79. The van der Waals surface area contributed by atoms with Gasteiger partial charge in [-0.15, -0.1) is 0 Å². The zero-order valence-electron chi connectivity index (χ0n) is 12.2. The van der Waals surface area contributed by atoms with Crippen LogP contribution in [0.15, 0.2) is 0 Å². The van der Waals surface area contributed by atoms with Crippen LogP contribution in [0.2, 0.25) is 0 Å². The Morgan fingerprint density at radius 1 is 1.18 bits per heavy atom. The van der Waals surface area contributed by atoms with Gasteiger partial charge in [-0.2, -0.15) is 0 Å². The van der Waals surface area contributed by atoms with Crippen LogP contribution in [0.1, 0.15) is 65.7 Å². The molecule has 0 aromatic carbocycles. The van der Waals surface area contributed by atoms with Crippen molar-refractivity contribution in [3.05, 3.63) is 0 Å². The van der Waals surface area contributed by atoms with Gasteiger partial charge in [-0.3, -0.25) is 4.90 Å². The lowest BCUT2D eigenvalue weighted by atomic mass is 10.0. The van der Waals surface area contributed by atoms with Crippen LogP contribution in [0.4, 0.5) is 0 Å². The van der Waals surface area contributed by atoms with E-state index in [-0.39, 0.29) is 0 Å². The highest BCUT2D eigenvalue weighted by atomic mass is 15.2. The minimum atomic E-state index is 0.751. The van der Waals surface area contributed by atoms with E-state index in [9.17, 15) is 0 Å². The first-order valence-electron chi connectivity index (χ1n) is 7.79. The SMILES string of the molecule is CCCC(CC)N(CCC)CC1CCCCN1. The predicted molar refractivity (Wildman–Crippen MR) is 76.5 cm³/mol. The summed E-state index contributed by atoms with van der Waals surface area (Å²) in [4.78, 5) is 2.74. The largest absolute Gasteiger partial charge is 0.313 e. The van der Waals surface area contributed by atoms with Gasteiger partial charge in [0.2, 0.25) is 0 Å². The summed E-state index contributed by atoms with van der Waals surface area (Å²) in [5, 5.41) is 3.69. The summed E-state index contributed by atoms with van der Waals surface area (Å²) in [5.74, 6) is 0. The molecule has 0 saturated carbocycles. The molecule has 1 rings (SSSR count). The van der Waals surface area contributed by atoms with E-state index in [2.05, 4.69) is 31.0 Å². The first kappa shape index (κ1) is 15.0. The number of hydrogen-bond donors (Lipinski definition) is 1. The molecule has 0 radical (unpaired) electrons. The van der Waals surface area contributed by atoms with Crippen molar-refractivity contribution in [2.75, 3.05) is 19.6 Å². The second kappa shape index (κ2) is 8.93. The molecule has 102 valence electrons. The van der Waals surface area contributed by atoms with E-state index < -0.39 is 0 Å². The molecule has 2 unspecified atom stereocenters. The Kier molecular flexibility index (Phi) is 7.87. The smallest absolute Gasteiger partial charge is 0.0195 e. The molecule has 1 saturated heterocycles. The lowest BCUT2D eigenvalue weighted by Gasteiger charge is -2.35. The molecule has 1 heterocycles. The lowest BCUT2D eigenvalue weighted by Crippen LogP contribution is -2.47. The van der Waals surface area contributed by atoms with Crippen molar-refractivity contribution < 1.29 is 0 Å². The molecule has 0 spiro atoms. The monoisotopic (exact) mass is 240 g/mol. The maximum atomic E-state index is 3.69. The van der Waals surface area contributed by atoms with Crippen molar-refractivity contribution in [2.24, 2.45) is 0 Å². The molecule has 0 aliphatic carbocycles. The third-order valence-electron chi connectivity index (χ3n) is 3.99. The Hall–Kier alpha value is -0.0800. The van der Waals surface area contributed by atoms with Crippen LogP contribution in [-0.4, -0.2) is 36.6 Å². The quantitative estimate of drug-likeness (QED) is 0.699. The molecule has 0 aromatic heterocycles. The van der Waals surface area contributed by atoms with Gasteiger partial charge in [0.05, 0.1) is 0 Å². The van der Waals surface area contributed by atoms with Crippen molar-refractivity contribution in [1.29, 1.82) is 0 Å². The summed E-state index contributed by atoms with van der Waals surface area (Å²) in [6.45, 7) is 10.7. The van der Waals surface area contributed by atoms with Gasteiger partial charge in [0.1, 0.15) is 0 Å². The highest BCUT2D eigenvalue weighted by Crippen LogP contribution is 2.15. The summed E-state index contributed by atoms with van der Waals surface area (Å²) in [7, 11) is 0. The maximum Gasteiger partial charge on any atom is 0.0195 e. The Bertz CT molecular complexity index is 176. The molecular weight excluding hydrogens is 208 g/mol. The normalized spacial score (nSPS) is 22.9. The van der Waals surface area contributed by atoms with E-state index in [1.54, 1.807) is 0 Å². The maximum absolute atomic E-state index is 3.69. The summed E-state index contributed by atoms with van der Waals surface area (Å²) < 4.78 is 0. The van der Waals surface area contributed by atoms with Gasteiger partial charge in [-0.05, 0) is 45.2 Å². The summed E-state index contributed by atoms with van der Waals surface area (Å²) in [5.41, 5.74) is 0. The van der Waals surface area contributed by atoms with Crippen LogP contribution in [0.5, 0.6) is 0 Å². The topological polar surface area (TPSA) is 15.3 Å². The number of piperidine rings is 1. The highest BCUT2D eigenvalue weighted by Gasteiger charge is 2.20. The number of nitrogens with one attached hydrogen (secondary N) is 1. The zero-order valence-corrected chi connectivity index (χ0v) is 12.2. The fraction of sp³-hybridized carbons (Fsp3) is 1.00. The summed E-state index contributed by atoms with van der Waals surface area (Å²) >= 11 is 0. The molecule has 2 atom stereocenters. The summed E-state index contributed by atoms with van der Waals surface area (Å²) in [6, 6.07) is 1.56. The molecule has 1 fully saturated rings. The van der Waals surface area contributed by atoms with Crippen LogP contribution in [0, 0.1) is 0 Å². The summed E-state index contributed by atoms with van der Waals surface area (Å²) in [6.07, 6.45) is 9.44. The van der Waals surface area contributed by atoms with E-state index in [1.807, 2.05) is 0 Å². The van der Waals surface area contributed by atoms with E-state index in [4.69, 9.17) is 0 Å². The fourth-order valence-corrected chi connectivity index (χ4v) is 3.05. The molecule has 2 heteroatoms. The standard InChI is InChI=1S/C15H32N2/c1-4-9-15(6-3)17(12-5-2)13-14-10-7-8-11-16-14/h14-16H,4-13H2,1-3H3. The van der Waals surface area contributed by atoms with Crippen molar-refractivity contribution in [2.45, 2.75) is 77.8 Å². The molecule has 0 amide bonds. The average Bonchev–Trinajstić information content (AvgIpc) is 2.37. The van der Waals surface area contributed by atoms with Gasteiger partial charge in [0.15, 0.2) is 0 Å². The second-order valence-electron chi connectivity index (χ2n) is 5.49. The van der Waals surface area contributed by atoms with E-state index in [0.717, 1.165) is 12.1 Å². The second-order valence-corrected chi connectivity index (χ2v) is 5.49. The molecule has 17 heavy (non-hydrogen) atoms. The fourth-order valence-electron chi connectivity index (χ4n) is 3.05. The molecule has 1 aliphatic heterocycles. The Labute approximate surface area is 108 Å². The minimum absolute atomic E-state index is 0.751. The van der Waals surface area contributed by atoms with Crippen molar-refractivity contribution in [3.8, 4) is 0 Å². The van der Waals surface area contributed by atoms with E-state index in [0.29, 0.717) is 0 Å². The Balaban J connectivity index is 2.44.